The fourth-order valence-corrected chi connectivity index (χ4v) is 2.29. The normalized spacial score (nSPS) is 12.0. The summed E-state index contributed by atoms with van der Waals surface area (Å²) in [6, 6.07) is 3.76. The standard InChI is InChI=1S/C13H20N2O4S/c1-18-10-4-8(6-15-7-9(16)13(14)17)12(20-3)5-11(10)19-2/h4-5,9,15-16H,6-7H2,1-3H3,(H2,14,17). The maximum absolute atomic E-state index is 10.7. The maximum atomic E-state index is 10.7. The highest BCUT2D eigenvalue weighted by atomic mass is 32.2. The molecule has 1 aromatic carbocycles. The van der Waals surface area contributed by atoms with Crippen LogP contribution in [0.25, 0.3) is 0 Å². The van der Waals surface area contributed by atoms with Crippen LogP contribution in [0.4, 0.5) is 0 Å². The average molecular weight is 300 g/mol. The van der Waals surface area contributed by atoms with Crippen molar-refractivity contribution in [1.82, 2.24) is 5.32 Å². The summed E-state index contributed by atoms with van der Waals surface area (Å²) >= 11 is 1.58. The average Bonchev–Trinajstić information content (AvgIpc) is 2.46. The summed E-state index contributed by atoms with van der Waals surface area (Å²) in [4.78, 5) is 11.8. The van der Waals surface area contributed by atoms with Crippen LogP contribution in [0.15, 0.2) is 17.0 Å². The zero-order valence-corrected chi connectivity index (χ0v) is 12.6. The van der Waals surface area contributed by atoms with Gasteiger partial charge in [-0.1, -0.05) is 0 Å². The van der Waals surface area contributed by atoms with E-state index in [1.165, 1.54) is 0 Å². The summed E-state index contributed by atoms with van der Waals surface area (Å²) in [5, 5.41) is 12.3. The number of thioether (sulfide) groups is 1. The Morgan fingerprint density at radius 2 is 2.00 bits per heavy atom. The lowest BCUT2D eigenvalue weighted by Gasteiger charge is -2.15. The minimum Gasteiger partial charge on any atom is -0.493 e. The van der Waals surface area contributed by atoms with Gasteiger partial charge in [0, 0.05) is 18.0 Å². The second kappa shape index (κ2) is 7.98. The van der Waals surface area contributed by atoms with E-state index in [1.54, 1.807) is 26.0 Å². The number of hydrogen-bond donors (Lipinski definition) is 3. The summed E-state index contributed by atoms with van der Waals surface area (Å²) in [5.74, 6) is 0.560. The monoisotopic (exact) mass is 300 g/mol. The third-order valence-corrected chi connectivity index (χ3v) is 3.59. The minimum atomic E-state index is -1.19. The largest absolute Gasteiger partial charge is 0.493 e. The first-order valence-corrected chi connectivity index (χ1v) is 7.23. The highest BCUT2D eigenvalue weighted by Gasteiger charge is 2.13. The summed E-state index contributed by atoms with van der Waals surface area (Å²) in [6.07, 6.45) is 0.774. The molecule has 0 aliphatic heterocycles. The molecular weight excluding hydrogens is 280 g/mol. The number of nitrogens with two attached hydrogens (primary N) is 1. The van der Waals surface area contributed by atoms with E-state index in [0.717, 1.165) is 10.5 Å². The second-order valence-corrected chi connectivity index (χ2v) is 4.92. The van der Waals surface area contributed by atoms with Crippen molar-refractivity contribution in [2.45, 2.75) is 17.5 Å². The van der Waals surface area contributed by atoms with Crippen LogP contribution in [-0.2, 0) is 11.3 Å². The van der Waals surface area contributed by atoms with Crippen molar-refractivity contribution in [3.8, 4) is 11.5 Å². The van der Waals surface area contributed by atoms with E-state index in [1.807, 2.05) is 18.4 Å². The molecule has 0 radical (unpaired) electrons. The van der Waals surface area contributed by atoms with E-state index in [2.05, 4.69) is 5.32 Å². The van der Waals surface area contributed by atoms with Gasteiger partial charge in [-0.2, -0.15) is 0 Å². The SMILES string of the molecule is COc1cc(CNCC(O)C(N)=O)c(SC)cc1OC. The quantitative estimate of drug-likeness (QED) is 0.600. The molecule has 6 nitrogen and oxygen atoms in total. The molecule has 20 heavy (non-hydrogen) atoms. The molecule has 0 heterocycles. The number of rotatable bonds is 8. The minimum absolute atomic E-state index is 0.109. The molecule has 1 amide bonds. The maximum Gasteiger partial charge on any atom is 0.247 e. The second-order valence-electron chi connectivity index (χ2n) is 4.07. The van der Waals surface area contributed by atoms with Crippen LogP contribution in [0.5, 0.6) is 11.5 Å². The number of carbonyl (C=O) groups excluding carboxylic acids is 1. The topological polar surface area (TPSA) is 93.8 Å². The Bertz CT molecular complexity index is 468. The van der Waals surface area contributed by atoms with Gasteiger partial charge < -0.3 is 25.6 Å². The van der Waals surface area contributed by atoms with E-state index < -0.39 is 12.0 Å². The van der Waals surface area contributed by atoms with Crippen molar-refractivity contribution >= 4 is 17.7 Å². The van der Waals surface area contributed by atoms with E-state index in [0.29, 0.717) is 18.0 Å². The first kappa shape index (κ1) is 16.6. The molecule has 0 fully saturated rings. The Labute approximate surface area is 122 Å². The van der Waals surface area contributed by atoms with Crippen molar-refractivity contribution in [3.05, 3.63) is 17.7 Å². The van der Waals surface area contributed by atoms with E-state index >= 15 is 0 Å². The van der Waals surface area contributed by atoms with Crippen molar-refractivity contribution < 1.29 is 19.4 Å². The molecule has 1 unspecified atom stereocenters. The number of nitrogens with one attached hydrogen (secondary N) is 1. The van der Waals surface area contributed by atoms with Gasteiger partial charge in [0.1, 0.15) is 6.10 Å². The van der Waals surface area contributed by atoms with Gasteiger partial charge in [-0.25, -0.2) is 0 Å². The molecule has 0 saturated carbocycles. The molecule has 0 bridgehead atoms. The number of aliphatic hydroxyl groups excluding tert-OH is 1. The number of amides is 1. The zero-order valence-electron chi connectivity index (χ0n) is 11.8. The molecule has 0 saturated heterocycles. The number of methoxy groups -OCH3 is 2. The van der Waals surface area contributed by atoms with Gasteiger partial charge >= 0.3 is 0 Å². The number of benzene rings is 1. The predicted molar refractivity (Wildman–Crippen MR) is 78.2 cm³/mol. The molecule has 0 spiro atoms. The van der Waals surface area contributed by atoms with E-state index in [4.69, 9.17) is 15.2 Å². The van der Waals surface area contributed by atoms with Crippen molar-refractivity contribution in [2.24, 2.45) is 5.73 Å². The van der Waals surface area contributed by atoms with Crippen LogP contribution in [0.1, 0.15) is 5.56 Å². The van der Waals surface area contributed by atoms with Crippen LogP contribution in [0.2, 0.25) is 0 Å². The molecule has 1 rings (SSSR count). The van der Waals surface area contributed by atoms with Crippen LogP contribution >= 0.6 is 11.8 Å². The predicted octanol–water partition coefficient (Wildman–Crippen LogP) is 0.361. The highest BCUT2D eigenvalue weighted by Crippen LogP contribution is 2.34. The third-order valence-electron chi connectivity index (χ3n) is 2.77. The van der Waals surface area contributed by atoms with Crippen molar-refractivity contribution in [1.29, 1.82) is 0 Å². The number of primary amides is 1. The first-order valence-electron chi connectivity index (χ1n) is 6.00. The summed E-state index contributed by atoms with van der Waals surface area (Å²) < 4.78 is 10.5. The molecule has 7 heteroatoms. The molecule has 4 N–H and O–H groups in total. The van der Waals surface area contributed by atoms with Gasteiger partial charge in [0.25, 0.3) is 0 Å². The van der Waals surface area contributed by atoms with Crippen LogP contribution in [0.3, 0.4) is 0 Å². The third kappa shape index (κ3) is 4.29. The lowest BCUT2D eigenvalue weighted by atomic mass is 10.2. The fraction of sp³-hybridized carbons (Fsp3) is 0.462. The van der Waals surface area contributed by atoms with E-state index in [-0.39, 0.29) is 6.54 Å². The molecular formula is C13H20N2O4S. The zero-order chi connectivity index (χ0) is 15.1. The number of carbonyl (C=O) groups is 1. The fourth-order valence-electron chi connectivity index (χ4n) is 1.67. The van der Waals surface area contributed by atoms with Gasteiger partial charge in [0.15, 0.2) is 11.5 Å². The number of aliphatic hydroxyl groups is 1. The van der Waals surface area contributed by atoms with E-state index in [9.17, 15) is 9.90 Å². The van der Waals surface area contributed by atoms with Gasteiger partial charge in [0.05, 0.1) is 14.2 Å². The lowest BCUT2D eigenvalue weighted by molar-refractivity contribution is -0.125. The van der Waals surface area contributed by atoms with Gasteiger partial charge in [-0.3, -0.25) is 4.79 Å². The lowest BCUT2D eigenvalue weighted by Crippen LogP contribution is -2.37. The van der Waals surface area contributed by atoms with Gasteiger partial charge in [0.2, 0.25) is 5.91 Å². The summed E-state index contributed by atoms with van der Waals surface area (Å²) in [7, 11) is 3.16. The first-order chi connectivity index (χ1) is 9.53. The molecule has 1 aromatic rings. The summed E-state index contributed by atoms with van der Waals surface area (Å²) in [5.41, 5.74) is 5.98. The number of hydrogen-bond acceptors (Lipinski definition) is 6. The van der Waals surface area contributed by atoms with Crippen molar-refractivity contribution in [3.63, 3.8) is 0 Å². The number of ether oxygens (including phenoxy) is 2. The molecule has 0 aromatic heterocycles. The Kier molecular flexibility index (Phi) is 6.63. The Hall–Kier alpha value is -1.44. The Morgan fingerprint density at radius 3 is 2.50 bits per heavy atom. The Morgan fingerprint density at radius 1 is 1.40 bits per heavy atom. The summed E-state index contributed by atoms with van der Waals surface area (Å²) in [6.45, 7) is 0.596. The highest BCUT2D eigenvalue weighted by molar-refractivity contribution is 7.98. The molecule has 1 atom stereocenters. The van der Waals surface area contributed by atoms with Gasteiger partial charge in [-0.05, 0) is 24.0 Å². The molecule has 0 aliphatic rings. The van der Waals surface area contributed by atoms with Crippen LogP contribution in [0, 0.1) is 0 Å². The van der Waals surface area contributed by atoms with Gasteiger partial charge in [-0.15, -0.1) is 11.8 Å². The molecule has 112 valence electrons. The van der Waals surface area contributed by atoms with Crippen molar-refractivity contribution in [2.75, 3.05) is 27.0 Å². The van der Waals surface area contributed by atoms with Crippen LogP contribution in [-0.4, -0.2) is 44.1 Å². The smallest absolute Gasteiger partial charge is 0.247 e. The molecule has 0 aliphatic carbocycles. The van der Waals surface area contributed by atoms with Crippen LogP contribution < -0.4 is 20.5 Å². The Balaban J connectivity index is 2.80.